The zero-order valence-corrected chi connectivity index (χ0v) is 11.6. The molecule has 3 unspecified atom stereocenters. The molecule has 4 atom stereocenters. The fraction of sp³-hybridized carbons (Fsp3) is 0.929. The quantitative estimate of drug-likeness (QED) is 0.770. The Hall–Kier alpha value is -0.570. The summed E-state index contributed by atoms with van der Waals surface area (Å²) < 4.78 is 5.51. The van der Waals surface area contributed by atoms with Gasteiger partial charge in [0.1, 0.15) is 12.1 Å². The van der Waals surface area contributed by atoms with Gasteiger partial charge in [-0.15, -0.1) is 0 Å². The van der Waals surface area contributed by atoms with Crippen LogP contribution in [0, 0.1) is 17.8 Å². The SMILES string of the molecule is CC(C)C[C@H](N)C(=O)OC1CCC(C)C(C)C1. The zero-order valence-electron chi connectivity index (χ0n) is 11.6. The number of carbonyl (C=O) groups excluding carboxylic acids is 1. The Labute approximate surface area is 105 Å². The van der Waals surface area contributed by atoms with E-state index in [1.165, 1.54) is 0 Å². The number of nitrogens with two attached hydrogens (primary N) is 1. The minimum absolute atomic E-state index is 0.0897. The molecule has 3 heteroatoms. The van der Waals surface area contributed by atoms with E-state index < -0.39 is 6.04 Å². The fourth-order valence-corrected chi connectivity index (χ4v) is 2.46. The summed E-state index contributed by atoms with van der Waals surface area (Å²) in [5, 5.41) is 0. The maximum atomic E-state index is 11.8. The number of ether oxygens (including phenoxy) is 1. The Morgan fingerprint density at radius 1 is 1.29 bits per heavy atom. The van der Waals surface area contributed by atoms with Crippen molar-refractivity contribution in [2.24, 2.45) is 23.5 Å². The van der Waals surface area contributed by atoms with Crippen LogP contribution in [0.15, 0.2) is 0 Å². The number of hydrogen-bond donors (Lipinski definition) is 1. The van der Waals surface area contributed by atoms with E-state index in [4.69, 9.17) is 10.5 Å². The molecule has 0 aromatic rings. The number of esters is 1. The summed E-state index contributed by atoms with van der Waals surface area (Å²) in [5.41, 5.74) is 5.82. The zero-order chi connectivity index (χ0) is 13.0. The van der Waals surface area contributed by atoms with E-state index in [1.54, 1.807) is 0 Å². The van der Waals surface area contributed by atoms with E-state index in [9.17, 15) is 4.79 Å². The molecule has 0 amide bonds. The lowest BCUT2D eigenvalue weighted by Crippen LogP contribution is -2.38. The van der Waals surface area contributed by atoms with E-state index in [0.29, 0.717) is 18.3 Å². The van der Waals surface area contributed by atoms with Crippen molar-refractivity contribution < 1.29 is 9.53 Å². The highest BCUT2D eigenvalue weighted by Gasteiger charge is 2.28. The third kappa shape index (κ3) is 4.66. The molecule has 17 heavy (non-hydrogen) atoms. The average molecular weight is 241 g/mol. The highest BCUT2D eigenvalue weighted by molar-refractivity contribution is 5.75. The Morgan fingerprint density at radius 2 is 1.94 bits per heavy atom. The molecule has 1 aliphatic rings. The van der Waals surface area contributed by atoms with Gasteiger partial charge in [-0.05, 0) is 43.4 Å². The highest BCUT2D eigenvalue weighted by Crippen LogP contribution is 2.31. The van der Waals surface area contributed by atoms with Gasteiger partial charge in [-0.1, -0.05) is 27.7 Å². The monoisotopic (exact) mass is 241 g/mol. The number of rotatable bonds is 4. The molecule has 1 aliphatic carbocycles. The Bertz CT molecular complexity index is 253. The average Bonchev–Trinajstić information content (AvgIpc) is 2.22. The topological polar surface area (TPSA) is 52.3 Å². The van der Waals surface area contributed by atoms with Crippen molar-refractivity contribution in [3.8, 4) is 0 Å². The summed E-state index contributed by atoms with van der Waals surface area (Å²) in [6, 6.07) is -0.454. The first-order valence-corrected chi connectivity index (χ1v) is 6.86. The predicted molar refractivity (Wildman–Crippen MR) is 69.5 cm³/mol. The standard InChI is InChI=1S/C14H27NO2/c1-9(2)7-13(15)14(16)17-12-6-5-10(3)11(4)8-12/h9-13H,5-8,15H2,1-4H3/t10?,11?,12?,13-/m0/s1. The molecule has 0 radical (unpaired) electrons. The first-order valence-electron chi connectivity index (χ1n) is 6.86. The van der Waals surface area contributed by atoms with Gasteiger partial charge in [0, 0.05) is 0 Å². The molecule has 0 bridgehead atoms. The van der Waals surface area contributed by atoms with Gasteiger partial charge in [0.25, 0.3) is 0 Å². The molecule has 0 aliphatic heterocycles. The van der Waals surface area contributed by atoms with Gasteiger partial charge in [-0.3, -0.25) is 4.79 Å². The summed E-state index contributed by atoms with van der Waals surface area (Å²) in [6.07, 6.45) is 3.93. The van der Waals surface area contributed by atoms with Crippen molar-refractivity contribution in [2.45, 2.75) is 65.5 Å². The molecule has 3 nitrogen and oxygen atoms in total. The molecule has 1 fully saturated rings. The fourth-order valence-electron chi connectivity index (χ4n) is 2.46. The second kappa shape index (κ2) is 6.39. The van der Waals surface area contributed by atoms with Crippen molar-refractivity contribution in [3.63, 3.8) is 0 Å². The first kappa shape index (κ1) is 14.5. The van der Waals surface area contributed by atoms with Crippen LogP contribution in [0.5, 0.6) is 0 Å². The van der Waals surface area contributed by atoms with E-state index >= 15 is 0 Å². The molecule has 100 valence electrons. The second-order valence-electron chi connectivity index (χ2n) is 6.06. The van der Waals surface area contributed by atoms with Crippen LogP contribution < -0.4 is 5.73 Å². The van der Waals surface area contributed by atoms with Crippen molar-refractivity contribution in [2.75, 3.05) is 0 Å². The molecule has 0 heterocycles. The Morgan fingerprint density at radius 3 is 2.47 bits per heavy atom. The predicted octanol–water partition coefficient (Wildman–Crippen LogP) is 2.73. The van der Waals surface area contributed by atoms with Crippen LogP contribution >= 0.6 is 0 Å². The molecule has 0 spiro atoms. The van der Waals surface area contributed by atoms with E-state index in [-0.39, 0.29) is 12.1 Å². The summed E-state index contributed by atoms with van der Waals surface area (Å²) in [7, 11) is 0. The molecule has 2 N–H and O–H groups in total. The van der Waals surface area contributed by atoms with Gasteiger partial charge >= 0.3 is 5.97 Å². The Kier molecular flexibility index (Phi) is 5.44. The van der Waals surface area contributed by atoms with Gasteiger partial charge in [-0.2, -0.15) is 0 Å². The second-order valence-corrected chi connectivity index (χ2v) is 6.06. The molecule has 1 rings (SSSR count). The molecule has 0 aromatic carbocycles. The third-order valence-electron chi connectivity index (χ3n) is 3.86. The van der Waals surface area contributed by atoms with Crippen LogP contribution in [0.25, 0.3) is 0 Å². The van der Waals surface area contributed by atoms with Gasteiger partial charge in [0.15, 0.2) is 0 Å². The van der Waals surface area contributed by atoms with Gasteiger partial charge in [0.2, 0.25) is 0 Å². The van der Waals surface area contributed by atoms with Crippen molar-refractivity contribution in [1.29, 1.82) is 0 Å². The van der Waals surface area contributed by atoms with Gasteiger partial charge < -0.3 is 10.5 Å². The minimum Gasteiger partial charge on any atom is -0.461 e. The lowest BCUT2D eigenvalue weighted by atomic mass is 9.80. The lowest BCUT2D eigenvalue weighted by Gasteiger charge is -2.32. The first-order chi connectivity index (χ1) is 7.90. The van der Waals surface area contributed by atoms with Crippen molar-refractivity contribution in [1.82, 2.24) is 0 Å². The summed E-state index contributed by atoms with van der Waals surface area (Å²) in [5.74, 6) is 1.60. The number of carbonyl (C=O) groups is 1. The van der Waals surface area contributed by atoms with Gasteiger partial charge in [-0.25, -0.2) is 0 Å². The van der Waals surface area contributed by atoms with Crippen LogP contribution in [0.4, 0.5) is 0 Å². The molecule has 0 saturated heterocycles. The van der Waals surface area contributed by atoms with E-state index in [0.717, 1.165) is 25.2 Å². The van der Waals surface area contributed by atoms with Crippen LogP contribution in [0.3, 0.4) is 0 Å². The van der Waals surface area contributed by atoms with Crippen LogP contribution in [0.1, 0.15) is 53.4 Å². The normalized spacial score (nSPS) is 31.3. The largest absolute Gasteiger partial charge is 0.461 e. The number of hydrogen-bond acceptors (Lipinski definition) is 3. The summed E-state index contributed by atoms with van der Waals surface area (Å²) in [4.78, 5) is 11.8. The van der Waals surface area contributed by atoms with E-state index in [2.05, 4.69) is 27.7 Å². The Balaban J connectivity index is 2.36. The lowest BCUT2D eigenvalue weighted by molar-refractivity contribution is -0.153. The van der Waals surface area contributed by atoms with Crippen molar-refractivity contribution >= 4 is 5.97 Å². The van der Waals surface area contributed by atoms with Crippen LogP contribution in [-0.2, 0) is 9.53 Å². The van der Waals surface area contributed by atoms with Crippen LogP contribution in [0.2, 0.25) is 0 Å². The minimum atomic E-state index is -0.454. The smallest absolute Gasteiger partial charge is 0.323 e. The van der Waals surface area contributed by atoms with Crippen LogP contribution in [-0.4, -0.2) is 18.1 Å². The highest BCUT2D eigenvalue weighted by atomic mass is 16.5. The van der Waals surface area contributed by atoms with E-state index in [1.807, 2.05) is 0 Å². The molecular formula is C14H27NO2. The van der Waals surface area contributed by atoms with Crippen molar-refractivity contribution in [3.05, 3.63) is 0 Å². The maximum Gasteiger partial charge on any atom is 0.323 e. The summed E-state index contributed by atoms with van der Waals surface area (Å²) >= 11 is 0. The summed E-state index contributed by atoms with van der Waals surface area (Å²) in [6.45, 7) is 8.64. The van der Waals surface area contributed by atoms with Gasteiger partial charge in [0.05, 0.1) is 0 Å². The molecular weight excluding hydrogens is 214 g/mol. The molecule has 0 aromatic heterocycles. The molecule has 1 saturated carbocycles. The maximum absolute atomic E-state index is 11.8. The third-order valence-corrected chi connectivity index (χ3v) is 3.86.